The number of ketones is 1. The zero-order chi connectivity index (χ0) is 11.5. The van der Waals surface area contributed by atoms with E-state index in [1.807, 2.05) is 0 Å². The number of Topliss-reactive ketones (excluding diaryl/α,β-unsaturated/α-hetero) is 1. The third kappa shape index (κ3) is 10.6. The Morgan fingerprint density at radius 1 is 1.00 bits per heavy atom. The number of hydrogen-bond acceptors (Lipinski definition) is 2. The molecule has 0 rings (SSSR count). The van der Waals surface area contributed by atoms with Gasteiger partial charge in [0.25, 0.3) is 0 Å². The van der Waals surface area contributed by atoms with Crippen LogP contribution in [-0.2, 0) is 9.59 Å². The van der Waals surface area contributed by atoms with Gasteiger partial charge in [-0.15, -0.1) is 12.3 Å². The first-order valence-corrected chi connectivity index (χ1v) is 5.33. The Hall–Kier alpha value is -1.30. The molecule has 0 fully saturated rings. The molecule has 0 saturated heterocycles. The summed E-state index contributed by atoms with van der Waals surface area (Å²) in [5, 5.41) is 8.38. The molecule has 0 radical (unpaired) electrons. The highest BCUT2D eigenvalue weighted by molar-refractivity contribution is 5.78. The van der Waals surface area contributed by atoms with Crippen molar-refractivity contribution in [3.05, 3.63) is 0 Å². The molecule has 0 aromatic heterocycles. The number of carboxylic acids is 1. The lowest BCUT2D eigenvalue weighted by molar-refractivity contribution is -0.137. The molecule has 0 heterocycles. The van der Waals surface area contributed by atoms with Gasteiger partial charge in [-0.2, -0.15) is 0 Å². The maximum Gasteiger partial charge on any atom is 0.303 e. The lowest BCUT2D eigenvalue weighted by atomic mass is 10.1. The average molecular weight is 210 g/mol. The molecule has 0 spiro atoms. The second-order valence-corrected chi connectivity index (χ2v) is 3.55. The van der Waals surface area contributed by atoms with E-state index in [9.17, 15) is 9.59 Å². The molecule has 3 nitrogen and oxygen atoms in total. The molecule has 0 bridgehead atoms. The summed E-state index contributed by atoms with van der Waals surface area (Å²) in [5.74, 6) is 1.90. The van der Waals surface area contributed by atoms with Crippen molar-refractivity contribution >= 4 is 11.8 Å². The SMILES string of the molecule is C#CCCC(=O)CCCCCCC(=O)O. The molecule has 0 aromatic rings. The normalized spacial score (nSPS) is 9.53. The van der Waals surface area contributed by atoms with E-state index in [-0.39, 0.29) is 12.2 Å². The molecule has 84 valence electrons. The highest BCUT2D eigenvalue weighted by Crippen LogP contribution is 2.07. The van der Waals surface area contributed by atoms with Gasteiger partial charge >= 0.3 is 5.97 Å². The number of carbonyl (C=O) groups excluding carboxylic acids is 1. The molecule has 0 aromatic carbocycles. The molecule has 0 saturated carbocycles. The summed E-state index contributed by atoms with van der Waals surface area (Å²) in [6, 6.07) is 0. The van der Waals surface area contributed by atoms with E-state index in [2.05, 4.69) is 5.92 Å². The van der Waals surface area contributed by atoms with Gasteiger partial charge in [0.1, 0.15) is 5.78 Å². The quantitative estimate of drug-likeness (QED) is 0.469. The van der Waals surface area contributed by atoms with Gasteiger partial charge in [-0.05, 0) is 12.8 Å². The molecule has 1 N–H and O–H groups in total. The number of carbonyl (C=O) groups is 2. The number of unbranched alkanes of at least 4 members (excludes halogenated alkanes) is 3. The summed E-state index contributed by atoms with van der Waals surface area (Å²) in [5.41, 5.74) is 0. The minimum atomic E-state index is -0.750. The van der Waals surface area contributed by atoms with Gasteiger partial charge in [-0.1, -0.05) is 12.8 Å². The lowest BCUT2D eigenvalue weighted by Gasteiger charge is -1.99. The topological polar surface area (TPSA) is 54.4 Å². The minimum absolute atomic E-state index is 0.214. The second-order valence-electron chi connectivity index (χ2n) is 3.55. The molecular weight excluding hydrogens is 192 g/mol. The van der Waals surface area contributed by atoms with Crippen molar-refractivity contribution in [1.82, 2.24) is 0 Å². The fourth-order valence-electron chi connectivity index (χ4n) is 1.29. The van der Waals surface area contributed by atoms with E-state index in [1.54, 1.807) is 0 Å². The van der Waals surface area contributed by atoms with E-state index in [1.165, 1.54) is 0 Å². The Bertz CT molecular complexity index is 238. The summed E-state index contributed by atoms with van der Waals surface area (Å²) >= 11 is 0. The first-order chi connectivity index (χ1) is 7.16. The molecule has 0 aliphatic heterocycles. The number of hydrogen-bond donors (Lipinski definition) is 1. The fraction of sp³-hybridized carbons (Fsp3) is 0.667. The van der Waals surface area contributed by atoms with Crippen molar-refractivity contribution in [2.45, 2.75) is 51.4 Å². The van der Waals surface area contributed by atoms with E-state index >= 15 is 0 Å². The van der Waals surface area contributed by atoms with E-state index in [0.717, 1.165) is 19.3 Å². The fourth-order valence-corrected chi connectivity index (χ4v) is 1.29. The monoisotopic (exact) mass is 210 g/mol. The summed E-state index contributed by atoms with van der Waals surface area (Å²) < 4.78 is 0. The van der Waals surface area contributed by atoms with Crippen LogP contribution in [0.15, 0.2) is 0 Å². The molecule has 0 atom stereocenters. The van der Waals surface area contributed by atoms with Gasteiger partial charge in [0.15, 0.2) is 0 Å². The highest BCUT2D eigenvalue weighted by Gasteiger charge is 2.01. The van der Waals surface area contributed by atoms with Crippen molar-refractivity contribution in [2.75, 3.05) is 0 Å². The van der Waals surface area contributed by atoms with E-state index in [0.29, 0.717) is 25.7 Å². The molecule has 15 heavy (non-hydrogen) atoms. The Kier molecular flexibility index (Phi) is 8.46. The van der Waals surface area contributed by atoms with Gasteiger partial charge in [0.05, 0.1) is 0 Å². The maximum atomic E-state index is 11.2. The van der Waals surface area contributed by atoms with Gasteiger partial charge in [0, 0.05) is 25.7 Å². The Balaban J connectivity index is 3.20. The number of rotatable bonds is 9. The Labute approximate surface area is 90.9 Å². The summed E-state index contributed by atoms with van der Waals surface area (Å²) in [7, 11) is 0. The smallest absolute Gasteiger partial charge is 0.303 e. The predicted octanol–water partition coefficient (Wildman–Crippen LogP) is 2.39. The van der Waals surface area contributed by atoms with Crippen molar-refractivity contribution in [3.63, 3.8) is 0 Å². The van der Waals surface area contributed by atoms with Crippen molar-refractivity contribution in [1.29, 1.82) is 0 Å². The minimum Gasteiger partial charge on any atom is -0.481 e. The van der Waals surface area contributed by atoms with Crippen LogP contribution in [0.25, 0.3) is 0 Å². The molecule has 0 amide bonds. The average Bonchev–Trinajstić information content (AvgIpc) is 2.19. The van der Waals surface area contributed by atoms with Crippen LogP contribution < -0.4 is 0 Å². The van der Waals surface area contributed by atoms with Gasteiger partial charge < -0.3 is 5.11 Å². The molecule has 0 unspecified atom stereocenters. The van der Waals surface area contributed by atoms with E-state index < -0.39 is 5.97 Å². The van der Waals surface area contributed by atoms with Gasteiger partial charge in [0.2, 0.25) is 0 Å². The van der Waals surface area contributed by atoms with Gasteiger partial charge in [-0.25, -0.2) is 0 Å². The second kappa shape index (κ2) is 9.26. The summed E-state index contributed by atoms with van der Waals surface area (Å²) in [6.45, 7) is 0. The lowest BCUT2D eigenvalue weighted by Crippen LogP contribution is -1.97. The largest absolute Gasteiger partial charge is 0.481 e. The Morgan fingerprint density at radius 3 is 2.13 bits per heavy atom. The molecule has 3 heteroatoms. The molecular formula is C12H18O3. The maximum absolute atomic E-state index is 11.2. The standard InChI is InChI=1S/C12H18O3/c1-2-3-8-11(13)9-6-4-5-7-10-12(14)15/h1H,3-10H2,(H,14,15). The van der Waals surface area contributed by atoms with Crippen LogP contribution in [0.3, 0.4) is 0 Å². The van der Waals surface area contributed by atoms with Crippen LogP contribution in [0, 0.1) is 12.3 Å². The van der Waals surface area contributed by atoms with Crippen LogP contribution in [0.1, 0.15) is 51.4 Å². The van der Waals surface area contributed by atoms with Gasteiger partial charge in [-0.3, -0.25) is 9.59 Å². The van der Waals surface area contributed by atoms with Crippen molar-refractivity contribution < 1.29 is 14.7 Å². The number of terminal acetylenes is 1. The molecule has 0 aliphatic rings. The third-order valence-electron chi connectivity index (χ3n) is 2.14. The predicted molar refractivity (Wildman–Crippen MR) is 58.4 cm³/mol. The number of carboxylic acid groups (broad SMARTS) is 1. The first-order valence-electron chi connectivity index (χ1n) is 5.33. The summed E-state index contributed by atoms with van der Waals surface area (Å²) in [6.07, 6.45) is 10.2. The van der Waals surface area contributed by atoms with Crippen molar-refractivity contribution in [2.24, 2.45) is 0 Å². The number of aliphatic carboxylic acids is 1. The Morgan fingerprint density at radius 2 is 1.60 bits per heavy atom. The van der Waals surface area contributed by atoms with Crippen LogP contribution in [0.2, 0.25) is 0 Å². The zero-order valence-corrected chi connectivity index (χ0v) is 9.00. The third-order valence-corrected chi connectivity index (χ3v) is 2.14. The van der Waals surface area contributed by atoms with Crippen LogP contribution in [-0.4, -0.2) is 16.9 Å². The highest BCUT2D eigenvalue weighted by atomic mass is 16.4. The summed E-state index contributed by atoms with van der Waals surface area (Å²) in [4.78, 5) is 21.3. The van der Waals surface area contributed by atoms with Crippen LogP contribution in [0.4, 0.5) is 0 Å². The van der Waals surface area contributed by atoms with Crippen LogP contribution >= 0.6 is 0 Å². The molecule has 0 aliphatic carbocycles. The zero-order valence-electron chi connectivity index (χ0n) is 9.00. The van der Waals surface area contributed by atoms with Crippen molar-refractivity contribution in [3.8, 4) is 12.3 Å². The first kappa shape index (κ1) is 13.7. The van der Waals surface area contributed by atoms with E-state index in [4.69, 9.17) is 11.5 Å². The van der Waals surface area contributed by atoms with Crippen LogP contribution in [0.5, 0.6) is 0 Å².